The molecular formula is C13H20N2O. The molecule has 1 aromatic rings. The molecule has 1 unspecified atom stereocenters. The molecule has 3 nitrogen and oxygen atoms in total. The Morgan fingerprint density at radius 1 is 1.19 bits per heavy atom. The van der Waals surface area contributed by atoms with E-state index in [-0.39, 0.29) is 0 Å². The van der Waals surface area contributed by atoms with Gasteiger partial charge in [-0.3, -0.25) is 0 Å². The summed E-state index contributed by atoms with van der Waals surface area (Å²) in [6, 6.07) is 11.3. The first kappa shape index (κ1) is 11.6. The predicted molar refractivity (Wildman–Crippen MR) is 65.4 cm³/mol. The van der Waals surface area contributed by atoms with Crippen molar-refractivity contribution in [2.24, 2.45) is 0 Å². The molecule has 3 heteroatoms. The van der Waals surface area contributed by atoms with E-state index in [0.29, 0.717) is 18.7 Å². The standard InChI is InChI=1S/C13H20N2O/c1-11-7-15-13(8-14-11)10-16-9-12-5-3-2-4-6-12/h2-6,11,13-15H,7-10H2,1H3/t11-,13?/m0/s1. The maximum absolute atomic E-state index is 5.69. The Morgan fingerprint density at radius 3 is 2.69 bits per heavy atom. The Balaban J connectivity index is 1.65. The minimum Gasteiger partial charge on any atom is -0.375 e. The van der Waals surface area contributed by atoms with E-state index >= 15 is 0 Å². The summed E-state index contributed by atoms with van der Waals surface area (Å²) in [6.07, 6.45) is 0. The summed E-state index contributed by atoms with van der Waals surface area (Å²) in [5, 5.41) is 6.91. The molecule has 1 aliphatic heterocycles. The van der Waals surface area contributed by atoms with E-state index in [0.717, 1.165) is 19.7 Å². The van der Waals surface area contributed by atoms with Crippen molar-refractivity contribution in [3.05, 3.63) is 35.9 Å². The molecule has 2 N–H and O–H groups in total. The van der Waals surface area contributed by atoms with Gasteiger partial charge >= 0.3 is 0 Å². The maximum Gasteiger partial charge on any atom is 0.0717 e. The fourth-order valence-corrected chi connectivity index (χ4v) is 1.84. The van der Waals surface area contributed by atoms with E-state index in [9.17, 15) is 0 Å². The largest absolute Gasteiger partial charge is 0.375 e. The predicted octanol–water partition coefficient (Wildman–Crippen LogP) is 1.15. The fourth-order valence-electron chi connectivity index (χ4n) is 1.84. The monoisotopic (exact) mass is 220 g/mol. The van der Waals surface area contributed by atoms with Gasteiger partial charge in [0.25, 0.3) is 0 Å². The molecule has 2 rings (SSSR count). The van der Waals surface area contributed by atoms with Crippen molar-refractivity contribution in [3.8, 4) is 0 Å². The highest BCUT2D eigenvalue weighted by Gasteiger charge is 2.16. The molecule has 0 spiro atoms. The second-order valence-electron chi connectivity index (χ2n) is 4.42. The van der Waals surface area contributed by atoms with E-state index < -0.39 is 0 Å². The Labute approximate surface area is 97.2 Å². The highest BCUT2D eigenvalue weighted by Crippen LogP contribution is 2.01. The van der Waals surface area contributed by atoms with Crippen LogP contribution in [0.5, 0.6) is 0 Å². The average Bonchev–Trinajstić information content (AvgIpc) is 2.33. The van der Waals surface area contributed by atoms with E-state index in [1.54, 1.807) is 0 Å². The molecule has 1 heterocycles. The van der Waals surface area contributed by atoms with Crippen LogP contribution in [0.4, 0.5) is 0 Å². The molecule has 0 amide bonds. The molecule has 0 radical (unpaired) electrons. The summed E-state index contributed by atoms with van der Waals surface area (Å²) in [6.45, 7) is 5.69. The van der Waals surface area contributed by atoms with Crippen LogP contribution >= 0.6 is 0 Å². The van der Waals surface area contributed by atoms with Crippen molar-refractivity contribution in [3.63, 3.8) is 0 Å². The third kappa shape index (κ3) is 3.59. The van der Waals surface area contributed by atoms with Gasteiger partial charge in [-0.15, -0.1) is 0 Å². The van der Waals surface area contributed by atoms with Gasteiger partial charge in [0.2, 0.25) is 0 Å². The van der Waals surface area contributed by atoms with Crippen LogP contribution in [0.2, 0.25) is 0 Å². The van der Waals surface area contributed by atoms with Crippen molar-refractivity contribution >= 4 is 0 Å². The van der Waals surface area contributed by atoms with Crippen LogP contribution in [-0.4, -0.2) is 31.8 Å². The Morgan fingerprint density at radius 2 is 2.00 bits per heavy atom. The molecule has 1 aliphatic rings. The zero-order valence-electron chi connectivity index (χ0n) is 9.78. The first-order valence-corrected chi connectivity index (χ1v) is 5.93. The molecule has 0 aromatic heterocycles. The lowest BCUT2D eigenvalue weighted by Gasteiger charge is -2.28. The molecular weight excluding hydrogens is 200 g/mol. The van der Waals surface area contributed by atoms with Crippen molar-refractivity contribution in [2.75, 3.05) is 19.7 Å². The van der Waals surface area contributed by atoms with Gasteiger partial charge in [0.05, 0.1) is 13.2 Å². The van der Waals surface area contributed by atoms with E-state index in [1.807, 2.05) is 18.2 Å². The highest BCUT2D eigenvalue weighted by molar-refractivity contribution is 5.13. The normalized spacial score (nSPS) is 25.6. The average molecular weight is 220 g/mol. The molecule has 0 bridgehead atoms. The summed E-state index contributed by atoms with van der Waals surface area (Å²) < 4.78 is 5.69. The van der Waals surface area contributed by atoms with Gasteiger partial charge in [-0.1, -0.05) is 30.3 Å². The van der Waals surface area contributed by atoms with Crippen molar-refractivity contribution in [2.45, 2.75) is 25.6 Å². The van der Waals surface area contributed by atoms with Crippen LogP contribution in [-0.2, 0) is 11.3 Å². The Hall–Kier alpha value is -0.900. The van der Waals surface area contributed by atoms with Crippen molar-refractivity contribution in [1.82, 2.24) is 10.6 Å². The maximum atomic E-state index is 5.69. The zero-order chi connectivity index (χ0) is 11.2. The first-order chi connectivity index (χ1) is 7.84. The number of nitrogens with one attached hydrogen (secondary N) is 2. The lowest BCUT2D eigenvalue weighted by atomic mass is 10.2. The number of hydrogen-bond acceptors (Lipinski definition) is 3. The summed E-state index contributed by atoms with van der Waals surface area (Å²) >= 11 is 0. The van der Waals surface area contributed by atoms with Gasteiger partial charge in [-0.2, -0.15) is 0 Å². The summed E-state index contributed by atoms with van der Waals surface area (Å²) in [5.74, 6) is 0. The molecule has 0 aliphatic carbocycles. The van der Waals surface area contributed by atoms with E-state index in [4.69, 9.17) is 4.74 Å². The second-order valence-corrected chi connectivity index (χ2v) is 4.42. The van der Waals surface area contributed by atoms with Gasteiger partial charge in [-0.25, -0.2) is 0 Å². The number of benzene rings is 1. The molecule has 2 atom stereocenters. The SMILES string of the molecule is C[C@H]1CNC(COCc2ccccc2)CN1. The van der Waals surface area contributed by atoms with Crippen LogP contribution in [0.3, 0.4) is 0 Å². The first-order valence-electron chi connectivity index (χ1n) is 5.93. The summed E-state index contributed by atoms with van der Waals surface area (Å²) in [5.41, 5.74) is 1.24. The van der Waals surface area contributed by atoms with Gasteiger partial charge < -0.3 is 15.4 Å². The highest BCUT2D eigenvalue weighted by atomic mass is 16.5. The van der Waals surface area contributed by atoms with Crippen molar-refractivity contribution in [1.29, 1.82) is 0 Å². The van der Waals surface area contributed by atoms with Crippen LogP contribution in [0.25, 0.3) is 0 Å². The van der Waals surface area contributed by atoms with Gasteiger partial charge in [0.1, 0.15) is 0 Å². The molecule has 88 valence electrons. The molecule has 1 saturated heterocycles. The topological polar surface area (TPSA) is 33.3 Å². The molecule has 1 aromatic carbocycles. The minimum atomic E-state index is 0.444. The summed E-state index contributed by atoms with van der Waals surface area (Å²) in [7, 11) is 0. The fraction of sp³-hybridized carbons (Fsp3) is 0.538. The van der Waals surface area contributed by atoms with Gasteiger partial charge in [0.15, 0.2) is 0 Å². The smallest absolute Gasteiger partial charge is 0.0717 e. The quantitative estimate of drug-likeness (QED) is 0.798. The Kier molecular flexibility index (Phi) is 4.34. The molecule has 1 fully saturated rings. The Bertz CT molecular complexity index is 294. The van der Waals surface area contributed by atoms with Crippen LogP contribution in [0.1, 0.15) is 12.5 Å². The zero-order valence-corrected chi connectivity index (χ0v) is 9.78. The van der Waals surface area contributed by atoms with E-state index in [2.05, 4.69) is 29.7 Å². The van der Waals surface area contributed by atoms with Crippen molar-refractivity contribution < 1.29 is 4.74 Å². The number of hydrogen-bond donors (Lipinski definition) is 2. The lowest BCUT2D eigenvalue weighted by molar-refractivity contribution is 0.0915. The van der Waals surface area contributed by atoms with Gasteiger partial charge in [-0.05, 0) is 12.5 Å². The van der Waals surface area contributed by atoms with E-state index in [1.165, 1.54) is 5.56 Å². The summed E-state index contributed by atoms with van der Waals surface area (Å²) in [4.78, 5) is 0. The number of piperazine rings is 1. The molecule has 0 saturated carbocycles. The van der Waals surface area contributed by atoms with Crippen LogP contribution in [0, 0.1) is 0 Å². The number of rotatable bonds is 4. The third-order valence-electron chi connectivity index (χ3n) is 2.86. The van der Waals surface area contributed by atoms with Crippen LogP contribution in [0.15, 0.2) is 30.3 Å². The van der Waals surface area contributed by atoms with Gasteiger partial charge in [0, 0.05) is 25.2 Å². The second kappa shape index (κ2) is 5.99. The minimum absolute atomic E-state index is 0.444. The lowest BCUT2D eigenvalue weighted by Crippen LogP contribution is -2.54. The number of ether oxygens (including phenoxy) is 1. The third-order valence-corrected chi connectivity index (χ3v) is 2.86. The molecule has 16 heavy (non-hydrogen) atoms. The van der Waals surface area contributed by atoms with Crippen LogP contribution < -0.4 is 10.6 Å².